The summed E-state index contributed by atoms with van der Waals surface area (Å²) in [5.74, 6) is 0.867. The van der Waals surface area contributed by atoms with Crippen LogP contribution in [0.3, 0.4) is 0 Å². The molecule has 0 radical (unpaired) electrons. The Bertz CT molecular complexity index is 655. The molecule has 0 aliphatic carbocycles. The predicted molar refractivity (Wildman–Crippen MR) is 106 cm³/mol. The van der Waals surface area contributed by atoms with Gasteiger partial charge in [0.2, 0.25) is 0 Å². The van der Waals surface area contributed by atoms with Crippen molar-refractivity contribution in [3.63, 3.8) is 0 Å². The standard InChI is InChI=1S/C21H27NO3.ClH/c1-25-19-9-7-17(8-10-19)16-22-13-11-21(24,12-14-22)15-20(23)18-5-3-2-4-6-18;/h2-10,20,23-24H,11-16H2,1H3;1H. The number of ether oxygens (including phenoxy) is 1. The Labute approximate surface area is 161 Å². The minimum absolute atomic E-state index is 0. The maximum Gasteiger partial charge on any atom is 0.118 e. The van der Waals surface area contributed by atoms with Crippen LogP contribution in [0.2, 0.25) is 0 Å². The van der Waals surface area contributed by atoms with Gasteiger partial charge >= 0.3 is 0 Å². The van der Waals surface area contributed by atoms with Gasteiger partial charge in [-0.25, -0.2) is 0 Å². The van der Waals surface area contributed by atoms with Gasteiger partial charge < -0.3 is 14.9 Å². The Balaban J connectivity index is 0.00000243. The zero-order valence-electron chi connectivity index (χ0n) is 15.2. The summed E-state index contributed by atoms with van der Waals surface area (Å²) < 4.78 is 5.19. The minimum Gasteiger partial charge on any atom is -0.497 e. The fourth-order valence-electron chi connectivity index (χ4n) is 3.47. The molecule has 1 atom stereocenters. The van der Waals surface area contributed by atoms with E-state index in [0.29, 0.717) is 19.3 Å². The lowest BCUT2D eigenvalue weighted by Gasteiger charge is -2.39. The minimum atomic E-state index is -0.786. The first kappa shape index (κ1) is 20.7. The number of benzene rings is 2. The summed E-state index contributed by atoms with van der Waals surface area (Å²) in [6, 6.07) is 17.7. The average Bonchev–Trinajstić information content (AvgIpc) is 2.65. The molecule has 5 heteroatoms. The number of hydrogen-bond acceptors (Lipinski definition) is 4. The van der Waals surface area contributed by atoms with Crippen LogP contribution >= 0.6 is 12.4 Å². The molecule has 1 aliphatic rings. The zero-order valence-corrected chi connectivity index (χ0v) is 16.0. The van der Waals surface area contributed by atoms with Crippen LogP contribution in [0.15, 0.2) is 54.6 Å². The summed E-state index contributed by atoms with van der Waals surface area (Å²) in [6.07, 6.45) is 1.16. The molecule has 1 unspecified atom stereocenters. The van der Waals surface area contributed by atoms with E-state index in [-0.39, 0.29) is 12.4 Å². The van der Waals surface area contributed by atoms with Gasteiger partial charge in [-0.15, -0.1) is 12.4 Å². The lowest BCUT2D eigenvalue weighted by atomic mass is 9.84. The molecule has 1 heterocycles. The lowest BCUT2D eigenvalue weighted by Crippen LogP contribution is -2.44. The van der Waals surface area contributed by atoms with Crippen molar-refractivity contribution < 1.29 is 14.9 Å². The van der Waals surface area contributed by atoms with Gasteiger partial charge in [0.25, 0.3) is 0 Å². The van der Waals surface area contributed by atoms with Crippen LogP contribution in [0.4, 0.5) is 0 Å². The Morgan fingerprint density at radius 3 is 2.23 bits per heavy atom. The predicted octanol–water partition coefficient (Wildman–Crippen LogP) is 3.57. The van der Waals surface area contributed by atoms with Gasteiger partial charge in [0.15, 0.2) is 0 Å². The highest BCUT2D eigenvalue weighted by molar-refractivity contribution is 5.85. The maximum absolute atomic E-state index is 10.9. The second-order valence-electron chi connectivity index (χ2n) is 6.98. The van der Waals surface area contributed by atoms with E-state index in [9.17, 15) is 10.2 Å². The average molecular weight is 378 g/mol. The van der Waals surface area contributed by atoms with E-state index in [1.165, 1.54) is 5.56 Å². The van der Waals surface area contributed by atoms with Gasteiger partial charge in [-0.2, -0.15) is 0 Å². The SMILES string of the molecule is COc1ccc(CN2CCC(O)(CC(O)c3ccccc3)CC2)cc1.Cl. The quantitative estimate of drug-likeness (QED) is 0.808. The third kappa shape index (κ3) is 5.45. The molecule has 2 N–H and O–H groups in total. The molecule has 142 valence electrons. The molecule has 26 heavy (non-hydrogen) atoms. The van der Waals surface area contributed by atoms with Crippen molar-refractivity contribution in [2.75, 3.05) is 20.2 Å². The van der Waals surface area contributed by atoms with Crippen LogP contribution < -0.4 is 4.74 Å². The first-order valence-electron chi connectivity index (χ1n) is 8.89. The Hall–Kier alpha value is -1.59. The molecular formula is C21H28ClNO3. The number of piperidine rings is 1. The number of hydrogen-bond donors (Lipinski definition) is 2. The molecule has 3 rings (SSSR count). The van der Waals surface area contributed by atoms with Crippen molar-refractivity contribution >= 4 is 12.4 Å². The lowest BCUT2D eigenvalue weighted by molar-refractivity contribution is -0.0567. The number of methoxy groups -OCH3 is 1. The van der Waals surface area contributed by atoms with Gasteiger partial charge in [0.05, 0.1) is 18.8 Å². The first-order valence-corrected chi connectivity index (χ1v) is 8.89. The van der Waals surface area contributed by atoms with Crippen LogP contribution in [0, 0.1) is 0 Å². The topological polar surface area (TPSA) is 52.9 Å². The van der Waals surface area contributed by atoms with Gasteiger partial charge in [-0.1, -0.05) is 42.5 Å². The Morgan fingerprint density at radius 1 is 1.04 bits per heavy atom. The summed E-state index contributed by atoms with van der Waals surface area (Å²) in [7, 11) is 1.67. The third-order valence-corrected chi connectivity index (χ3v) is 5.11. The number of likely N-dealkylation sites (tertiary alicyclic amines) is 1. The van der Waals surface area contributed by atoms with E-state index >= 15 is 0 Å². The van der Waals surface area contributed by atoms with Crippen LogP contribution in [0.1, 0.15) is 36.5 Å². The van der Waals surface area contributed by atoms with Crippen molar-refractivity contribution in [2.45, 2.75) is 37.5 Å². The zero-order chi connectivity index (χ0) is 17.7. The van der Waals surface area contributed by atoms with E-state index in [4.69, 9.17) is 4.74 Å². The fourth-order valence-corrected chi connectivity index (χ4v) is 3.47. The number of halogens is 1. The van der Waals surface area contributed by atoms with E-state index < -0.39 is 11.7 Å². The molecule has 0 spiro atoms. The number of rotatable bonds is 6. The molecule has 0 saturated carbocycles. The summed E-state index contributed by atoms with van der Waals surface area (Å²) >= 11 is 0. The van der Waals surface area contributed by atoms with Crippen molar-refractivity contribution in [3.05, 3.63) is 65.7 Å². The molecule has 1 saturated heterocycles. The fraction of sp³-hybridized carbons (Fsp3) is 0.429. The van der Waals surface area contributed by atoms with E-state index in [2.05, 4.69) is 17.0 Å². The van der Waals surface area contributed by atoms with Crippen LogP contribution in [0.25, 0.3) is 0 Å². The second kappa shape index (κ2) is 9.38. The smallest absolute Gasteiger partial charge is 0.118 e. The molecule has 2 aromatic rings. The van der Waals surface area contributed by atoms with Crippen LogP contribution in [-0.2, 0) is 6.54 Å². The van der Waals surface area contributed by atoms with Gasteiger partial charge in [-0.05, 0) is 36.1 Å². The highest BCUT2D eigenvalue weighted by atomic mass is 35.5. The highest BCUT2D eigenvalue weighted by Crippen LogP contribution is 2.32. The van der Waals surface area contributed by atoms with Gasteiger partial charge in [0, 0.05) is 26.1 Å². The molecular weight excluding hydrogens is 350 g/mol. The van der Waals surface area contributed by atoms with Crippen LogP contribution in [-0.4, -0.2) is 40.9 Å². The van der Waals surface area contributed by atoms with Crippen molar-refractivity contribution in [3.8, 4) is 5.75 Å². The molecule has 1 aliphatic heterocycles. The third-order valence-electron chi connectivity index (χ3n) is 5.11. The summed E-state index contributed by atoms with van der Waals surface area (Å²) in [5, 5.41) is 21.3. The van der Waals surface area contributed by atoms with E-state index in [1.807, 2.05) is 42.5 Å². The second-order valence-corrected chi connectivity index (χ2v) is 6.98. The molecule has 0 amide bonds. The van der Waals surface area contributed by atoms with E-state index in [0.717, 1.165) is 30.9 Å². The van der Waals surface area contributed by atoms with Crippen LogP contribution in [0.5, 0.6) is 5.75 Å². The van der Waals surface area contributed by atoms with Crippen molar-refractivity contribution in [1.29, 1.82) is 0 Å². The van der Waals surface area contributed by atoms with Gasteiger partial charge in [-0.3, -0.25) is 4.90 Å². The summed E-state index contributed by atoms with van der Waals surface area (Å²) in [4.78, 5) is 2.35. The maximum atomic E-state index is 10.9. The molecule has 4 nitrogen and oxygen atoms in total. The number of aliphatic hydroxyl groups is 2. The molecule has 1 fully saturated rings. The van der Waals surface area contributed by atoms with Crippen molar-refractivity contribution in [1.82, 2.24) is 4.90 Å². The largest absolute Gasteiger partial charge is 0.497 e. The Kier molecular flexibility index (Phi) is 7.47. The summed E-state index contributed by atoms with van der Waals surface area (Å²) in [5.41, 5.74) is 1.33. The van der Waals surface area contributed by atoms with Gasteiger partial charge in [0.1, 0.15) is 5.75 Å². The number of nitrogens with zero attached hydrogens (tertiary/aromatic N) is 1. The normalized spacial score (nSPS) is 18.0. The number of aliphatic hydroxyl groups excluding tert-OH is 1. The monoisotopic (exact) mass is 377 g/mol. The van der Waals surface area contributed by atoms with Crippen molar-refractivity contribution in [2.24, 2.45) is 0 Å². The highest BCUT2D eigenvalue weighted by Gasteiger charge is 2.34. The Morgan fingerprint density at radius 2 is 1.65 bits per heavy atom. The molecule has 0 bridgehead atoms. The summed E-state index contributed by atoms with van der Waals surface area (Å²) in [6.45, 7) is 2.55. The van der Waals surface area contributed by atoms with E-state index in [1.54, 1.807) is 7.11 Å². The first-order chi connectivity index (χ1) is 12.1. The molecule has 2 aromatic carbocycles. The molecule has 0 aromatic heterocycles.